The van der Waals surface area contributed by atoms with Crippen molar-refractivity contribution in [2.45, 2.75) is 56.2 Å². The second-order valence-electron chi connectivity index (χ2n) is 11.0. The van der Waals surface area contributed by atoms with Crippen molar-refractivity contribution in [3.8, 4) is 0 Å². The molecule has 3 unspecified atom stereocenters. The first-order valence-electron chi connectivity index (χ1n) is 14.0. The van der Waals surface area contributed by atoms with Gasteiger partial charge < -0.3 is 0 Å². The molecule has 0 saturated carbocycles. The number of rotatable bonds is 5. The second kappa shape index (κ2) is 10.9. The quantitative estimate of drug-likeness (QED) is 0.317. The first-order chi connectivity index (χ1) is 19.5. The van der Waals surface area contributed by atoms with Gasteiger partial charge in [0.1, 0.15) is 0 Å². The van der Waals surface area contributed by atoms with Crippen LogP contribution in [0.5, 0.6) is 0 Å². The Labute approximate surface area is 238 Å². The van der Waals surface area contributed by atoms with Gasteiger partial charge >= 0.3 is 240 Å². The molecule has 1 spiro atoms. The first kappa shape index (κ1) is 26.8. The van der Waals surface area contributed by atoms with Gasteiger partial charge in [-0.2, -0.15) is 0 Å². The van der Waals surface area contributed by atoms with Crippen LogP contribution in [0.1, 0.15) is 38.5 Å². The van der Waals surface area contributed by atoms with Gasteiger partial charge in [0.2, 0.25) is 0 Å². The van der Waals surface area contributed by atoms with Crippen LogP contribution >= 0.6 is 0 Å². The summed E-state index contributed by atoms with van der Waals surface area (Å²) in [5.74, 6) is -1.03. The van der Waals surface area contributed by atoms with Gasteiger partial charge in [0.05, 0.1) is 0 Å². The number of amides is 1. The molecule has 40 heavy (non-hydrogen) atoms. The number of ether oxygens (including phenoxy) is 2. The number of fused-ring (bicyclic) bond motifs is 1. The Morgan fingerprint density at radius 1 is 0.900 bits per heavy atom. The van der Waals surface area contributed by atoms with Gasteiger partial charge in [-0.15, -0.1) is 0 Å². The number of methoxy groups -OCH3 is 1. The molecule has 3 aromatic carbocycles. The maximum absolute atomic E-state index is 14.1. The molecule has 3 aliphatic rings. The van der Waals surface area contributed by atoms with Crippen LogP contribution in [0.3, 0.4) is 0 Å². The van der Waals surface area contributed by atoms with Crippen LogP contribution in [0.4, 0.5) is 0 Å². The van der Waals surface area contributed by atoms with Crippen molar-refractivity contribution in [2.24, 2.45) is 0 Å². The number of benzene rings is 3. The van der Waals surface area contributed by atoms with Gasteiger partial charge in [0.15, 0.2) is 0 Å². The third-order valence-electron chi connectivity index (χ3n) is 8.77. The molecule has 6 rings (SSSR count). The van der Waals surface area contributed by atoms with Crippen LogP contribution in [-0.2, 0) is 23.9 Å². The Bertz CT molecular complexity index is 1340. The number of hydrogen-bond donors (Lipinski definition) is 0. The molecule has 204 valence electrons. The fraction of sp³-hybridized carbons (Fsp3) is 0.303. The number of piperidine rings is 2. The van der Waals surface area contributed by atoms with E-state index < -0.39 is 36.0 Å². The summed E-state index contributed by atoms with van der Waals surface area (Å²) >= 11 is -3.89. The molecule has 0 aromatic heterocycles. The van der Waals surface area contributed by atoms with Crippen molar-refractivity contribution in [3.63, 3.8) is 0 Å². The number of hydrogen-bond acceptors (Lipinski definition) is 5. The van der Waals surface area contributed by atoms with E-state index in [2.05, 4.69) is 76.9 Å². The Kier molecular flexibility index (Phi) is 7.29. The van der Waals surface area contributed by atoms with E-state index in [9.17, 15) is 14.4 Å². The first-order valence-corrected chi connectivity index (χ1v) is 19.9. The van der Waals surface area contributed by atoms with Gasteiger partial charge in [-0.3, -0.25) is 0 Å². The van der Waals surface area contributed by atoms with Crippen molar-refractivity contribution >= 4 is 47.0 Å². The molecule has 0 radical (unpaired) electrons. The Morgan fingerprint density at radius 3 is 1.93 bits per heavy atom. The third-order valence-corrected chi connectivity index (χ3v) is 21.7. The van der Waals surface area contributed by atoms with Crippen LogP contribution in [0.25, 0.3) is 0 Å². The summed E-state index contributed by atoms with van der Waals surface area (Å²) in [4.78, 5) is 41.2. The topological polar surface area (TPSA) is 72.9 Å². The van der Waals surface area contributed by atoms with Crippen molar-refractivity contribution in [1.29, 1.82) is 0 Å². The van der Waals surface area contributed by atoms with E-state index in [0.29, 0.717) is 19.3 Å². The van der Waals surface area contributed by atoms with Crippen LogP contribution in [0.15, 0.2) is 101 Å². The molecule has 0 aliphatic carbocycles. The maximum atomic E-state index is 14.1. The molecule has 0 N–H and O–H groups in total. The molecule has 3 fully saturated rings. The average molecular weight is 642 g/mol. The Morgan fingerprint density at radius 2 is 1.45 bits per heavy atom. The van der Waals surface area contributed by atoms with Crippen LogP contribution in [0.2, 0.25) is 0 Å². The van der Waals surface area contributed by atoms with E-state index in [1.54, 1.807) is 4.90 Å². The SMILES string of the molecule is COC(=O)C1CCCC2/C(=[CH]\[Sn]([c]3ccccc3)([c]3ccccc3)[c]3ccccc3)CC3(CCC(=O)O3)C(=O)N12. The number of carbonyl (C=O) groups is 3. The van der Waals surface area contributed by atoms with Crippen molar-refractivity contribution in [2.75, 3.05) is 7.11 Å². The van der Waals surface area contributed by atoms with Crippen molar-refractivity contribution in [1.82, 2.24) is 4.90 Å². The van der Waals surface area contributed by atoms with Crippen LogP contribution in [0, 0.1) is 0 Å². The summed E-state index contributed by atoms with van der Waals surface area (Å²) < 4.78 is 17.4. The number of esters is 2. The molecule has 3 atom stereocenters. The summed E-state index contributed by atoms with van der Waals surface area (Å²) in [6, 6.07) is 31.1. The van der Waals surface area contributed by atoms with Gasteiger partial charge in [-0.05, 0) is 0 Å². The summed E-state index contributed by atoms with van der Waals surface area (Å²) in [5, 5.41) is 0. The van der Waals surface area contributed by atoms with Gasteiger partial charge in [0, 0.05) is 0 Å². The minimum absolute atomic E-state index is 0.199. The van der Waals surface area contributed by atoms with Crippen LogP contribution < -0.4 is 10.7 Å². The van der Waals surface area contributed by atoms with E-state index in [1.165, 1.54) is 17.8 Å². The van der Waals surface area contributed by atoms with E-state index in [1.807, 2.05) is 18.2 Å². The molecule has 3 aromatic rings. The standard InChI is InChI=1S/C15H18NO5.3C6H5.Sn/c1-9-8-15(7-6-12(17)21-15)14(19)16-10(9)4-3-5-11(16)13(18)20-2;3*1-2-4-6-5-3-1;/h1,10-11H,3-8H2,2H3;3*1-5H;. The number of carbonyl (C=O) groups excluding carboxylic acids is 3. The molecule has 0 bridgehead atoms. The van der Waals surface area contributed by atoms with Gasteiger partial charge in [0.25, 0.3) is 0 Å². The fourth-order valence-electron chi connectivity index (χ4n) is 6.95. The molecular weight excluding hydrogens is 609 g/mol. The molecule has 6 nitrogen and oxygen atoms in total. The van der Waals surface area contributed by atoms with Crippen molar-refractivity contribution < 1.29 is 23.9 Å². The molecule has 3 aliphatic heterocycles. The predicted octanol–water partition coefficient (Wildman–Crippen LogP) is 3.02. The zero-order valence-electron chi connectivity index (χ0n) is 22.6. The van der Waals surface area contributed by atoms with Gasteiger partial charge in [-0.1, -0.05) is 0 Å². The van der Waals surface area contributed by atoms with Crippen molar-refractivity contribution in [3.05, 3.63) is 101 Å². The third kappa shape index (κ3) is 4.46. The van der Waals surface area contributed by atoms with E-state index in [0.717, 1.165) is 18.4 Å². The zero-order valence-corrected chi connectivity index (χ0v) is 25.5. The average Bonchev–Trinajstić information content (AvgIpc) is 3.39. The normalized spacial score (nSPS) is 25.5. The molecule has 1 amide bonds. The minimum atomic E-state index is -3.89. The van der Waals surface area contributed by atoms with E-state index in [4.69, 9.17) is 9.47 Å². The number of nitrogens with zero attached hydrogens (tertiary/aromatic N) is 1. The molecule has 3 heterocycles. The molecular formula is C33H33NO5Sn. The van der Waals surface area contributed by atoms with E-state index >= 15 is 0 Å². The second-order valence-corrected chi connectivity index (χ2v) is 21.3. The molecule has 3 saturated heterocycles. The zero-order chi connectivity index (χ0) is 27.7. The van der Waals surface area contributed by atoms with Gasteiger partial charge in [-0.25, -0.2) is 0 Å². The van der Waals surface area contributed by atoms with E-state index in [-0.39, 0.29) is 24.3 Å². The summed E-state index contributed by atoms with van der Waals surface area (Å²) in [6.07, 6.45) is 2.99. The van der Waals surface area contributed by atoms with Crippen LogP contribution in [-0.4, -0.2) is 65.9 Å². The predicted molar refractivity (Wildman–Crippen MR) is 155 cm³/mol. The monoisotopic (exact) mass is 643 g/mol. The summed E-state index contributed by atoms with van der Waals surface area (Å²) in [5.41, 5.74) is -0.180. The Balaban J connectivity index is 1.62. The summed E-state index contributed by atoms with van der Waals surface area (Å²) in [6.45, 7) is 0. The summed E-state index contributed by atoms with van der Waals surface area (Å²) in [7, 11) is 1.37. The molecule has 7 heteroatoms. The Hall–Kier alpha value is -3.39. The fourth-order valence-corrected chi connectivity index (χ4v) is 19.8.